The van der Waals surface area contributed by atoms with Crippen LogP contribution in [0.3, 0.4) is 0 Å². The van der Waals surface area contributed by atoms with E-state index >= 15 is 0 Å². The molecule has 1 saturated heterocycles. The third-order valence-electron chi connectivity index (χ3n) is 4.18. The molecule has 2 heterocycles. The van der Waals surface area contributed by atoms with Gasteiger partial charge < -0.3 is 10.0 Å². The highest BCUT2D eigenvalue weighted by molar-refractivity contribution is 5.95. The van der Waals surface area contributed by atoms with Gasteiger partial charge in [0.05, 0.1) is 17.2 Å². The lowest BCUT2D eigenvalue weighted by atomic mass is 9.96. The molecule has 0 radical (unpaired) electrons. The Morgan fingerprint density at radius 2 is 2.12 bits per heavy atom. The zero-order valence-electron chi connectivity index (χ0n) is 12.4. The van der Waals surface area contributed by atoms with Crippen LogP contribution >= 0.6 is 0 Å². The van der Waals surface area contributed by atoms with Gasteiger partial charge in [-0.25, -0.2) is 13.2 Å². The van der Waals surface area contributed by atoms with Gasteiger partial charge in [-0.2, -0.15) is 5.26 Å². The molecular weight excluding hydrogens is 323 g/mol. The molecule has 2 aromatic rings. The number of nitrogens with zero attached hydrogens (tertiary/aromatic N) is 3. The number of pyridine rings is 1. The molecule has 0 aliphatic carbocycles. The molecule has 1 aliphatic rings. The fraction of sp³-hybridized carbons (Fsp3) is 0.312. The Morgan fingerprint density at radius 1 is 1.38 bits per heavy atom. The summed E-state index contributed by atoms with van der Waals surface area (Å²) in [5, 5.41) is 18.4. The minimum absolute atomic E-state index is 0.0449. The van der Waals surface area contributed by atoms with E-state index in [-0.39, 0.29) is 28.7 Å². The van der Waals surface area contributed by atoms with Crippen LogP contribution in [0.15, 0.2) is 12.3 Å². The molecule has 3 rings (SSSR count). The third kappa shape index (κ3) is 2.52. The van der Waals surface area contributed by atoms with Crippen molar-refractivity contribution in [1.29, 1.82) is 5.26 Å². The number of anilines is 1. The lowest BCUT2D eigenvalue weighted by molar-refractivity contribution is -0.141. The molecule has 24 heavy (non-hydrogen) atoms. The molecule has 0 spiro atoms. The molecule has 1 unspecified atom stereocenters. The van der Waals surface area contributed by atoms with Gasteiger partial charge in [-0.3, -0.25) is 9.78 Å². The van der Waals surface area contributed by atoms with E-state index in [1.165, 1.54) is 0 Å². The number of hydrogen-bond donors (Lipinski definition) is 1. The van der Waals surface area contributed by atoms with Crippen LogP contribution in [0.2, 0.25) is 0 Å². The Hall–Kier alpha value is -2.82. The minimum atomic E-state index is -1.63. The molecule has 124 valence electrons. The maximum absolute atomic E-state index is 14.0. The molecule has 0 amide bonds. The smallest absolute Gasteiger partial charge is 0.308 e. The average Bonchev–Trinajstić information content (AvgIpc) is 2.58. The standard InChI is InChI=1S/C16H12F3N3O2/c17-11-4-10-14(13(19)12(11)18)21-6-9(5-20)15(10)22-3-1-2-8(7-22)16(23)24/h4,6,8H,1-3,7H2,(H,23,24). The number of piperidine rings is 1. The topological polar surface area (TPSA) is 77.2 Å². The van der Waals surface area contributed by atoms with Crippen LogP contribution in [0.25, 0.3) is 10.9 Å². The predicted octanol–water partition coefficient (Wildman–Crippen LogP) is 2.82. The van der Waals surface area contributed by atoms with Crippen molar-refractivity contribution in [3.63, 3.8) is 0 Å². The van der Waals surface area contributed by atoms with Crippen LogP contribution in [0.4, 0.5) is 18.9 Å². The van der Waals surface area contributed by atoms with Gasteiger partial charge >= 0.3 is 5.97 Å². The van der Waals surface area contributed by atoms with Crippen LogP contribution in [0.1, 0.15) is 18.4 Å². The number of carboxylic acid groups (broad SMARTS) is 1. The lowest BCUT2D eigenvalue weighted by Gasteiger charge is -2.33. The van der Waals surface area contributed by atoms with E-state index in [4.69, 9.17) is 0 Å². The number of nitriles is 1. The second-order valence-corrected chi connectivity index (χ2v) is 5.64. The summed E-state index contributed by atoms with van der Waals surface area (Å²) >= 11 is 0. The number of fused-ring (bicyclic) bond motifs is 1. The van der Waals surface area contributed by atoms with E-state index in [9.17, 15) is 28.3 Å². The molecule has 1 atom stereocenters. The van der Waals surface area contributed by atoms with Gasteiger partial charge in [0.2, 0.25) is 0 Å². The predicted molar refractivity (Wildman–Crippen MR) is 78.9 cm³/mol. The number of halogens is 3. The number of rotatable bonds is 2. The largest absolute Gasteiger partial charge is 0.481 e. The number of carboxylic acids is 1. The van der Waals surface area contributed by atoms with Gasteiger partial charge in [0, 0.05) is 24.7 Å². The summed E-state index contributed by atoms with van der Waals surface area (Å²) in [5.41, 5.74) is -0.148. The highest BCUT2D eigenvalue weighted by Crippen LogP contribution is 2.34. The van der Waals surface area contributed by atoms with Crippen LogP contribution < -0.4 is 4.90 Å². The zero-order chi connectivity index (χ0) is 17.4. The Morgan fingerprint density at radius 3 is 2.79 bits per heavy atom. The van der Waals surface area contributed by atoms with Crippen LogP contribution in [0, 0.1) is 34.7 Å². The first-order valence-electron chi connectivity index (χ1n) is 7.28. The highest BCUT2D eigenvalue weighted by atomic mass is 19.2. The van der Waals surface area contributed by atoms with E-state index in [2.05, 4.69) is 4.98 Å². The van der Waals surface area contributed by atoms with E-state index in [1.807, 2.05) is 6.07 Å². The molecule has 1 aromatic carbocycles. The van der Waals surface area contributed by atoms with Crippen molar-refractivity contribution >= 4 is 22.6 Å². The summed E-state index contributed by atoms with van der Waals surface area (Å²) in [6.45, 7) is 0.530. The molecule has 1 aromatic heterocycles. The molecule has 0 bridgehead atoms. The quantitative estimate of drug-likeness (QED) is 0.854. The Kier molecular flexibility index (Phi) is 4.01. The molecule has 5 nitrogen and oxygen atoms in total. The van der Waals surface area contributed by atoms with Crippen molar-refractivity contribution in [2.75, 3.05) is 18.0 Å². The maximum atomic E-state index is 14.0. The van der Waals surface area contributed by atoms with Gasteiger partial charge in [-0.05, 0) is 18.9 Å². The summed E-state index contributed by atoms with van der Waals surface area (Å²) in [4.78, 5) is 16.5. The zero-order valence-corrected chi connectivity index (χ0v) is 12.4. The van der Waals surface area contributed by atoms with E-state index in [0.29, 0.717) is 19.4 Å². The Balaban J connectivity index is 2.22. The third-order valence-corrected chi connectivity index (χ3v) is 4.18. The maximum Gasteiger partial charge on any atom is 0.308 e. The molecule has 1 fully saturated rings. The molecule has 0 saturated carbocycles. The number of benzene rings is 1. The van der Waals surface area contributed by atoms with Gasteiger partial charge in [-0.1, -0.05) is 0 Å². The number of aliphatic carboxylic acids is 1. The molecule has 1 aliphatic heterocycles. The summed E-state index contributed by atoms with van der Waals surface area (Å²) in [5.74, 6) is -6.07. The average molecular weight is 335 g/mol. The van der Waals surface area contributed by atoms with Crippen molar-refractivity contribution < 1.29 is 23.1 Å². The SMILES string of the molecule is N#Cc1cnc2c(F)c(F)c(F)cc2c1N1CCCC(C(=O)O)C1. The van der Waals surface area contributed by atoms with Crippen molar-refractivity contribution in [1.82, 2.24) is 4.98 Å². The normalized spacial score (nSPS) is 17.8. The van der Waals surface area contributed by atoms with Crippen molar-refractivity contribution in [3.8, 4) is 6.07 Å². The van der Waals surface area contributed by atoms with Crippen LogP contribution in [-0.4, -0.2) is 29.1 Å². The fourth-order valence-corrected chi connectivity index (χ4v) is 3.03. The van der Waals surface area contributed by atoms with E-state index < -0.39 is 29.3 Å². The Bertz CT molecular complexity index is 879. The van der Waals surface area contributed by atoms with Crippen molar-refractivity contribution in [2.45, 2.75) is 12.8 Å². The van der Waals surface area contributed by atoms with E-state index in [1.54, 1.807) is 4.90 Å². The van der Waals surface area contributed by atoms with Crippen molar-refractivity contribution in [3.05, 3.63) is 35.3 Å². The Labute approximate surface area is 134 Å². The van der Waals surface area contributed by atoms with E-state index in [0.717, 1.165) is 12.3 Å². The second-order valence-electron chi connectivity index (χ2n) is 5.64. The number of carbonyl (C=O) groups is 1. The second kappa shape index (κ2) is 6.00. The van der Waals surface area contributed by atoms with Gasteiger partial charge in [0.15, 0.2) is 17.5 Å². The summed E-state index contributed by atoms with van der Waals surface area (Å²) in [7, 11) is 0. The summed E-state index contributed by atoms with van der Waals surface area (Å²) < 4.78 is 41.1. The summed E-state index contributed by atoms with van der Waals surface area (Å²) in [6.07, 6.45) is 2.12. The van der Waals surface area contributed by atoms with Crippen LogP contribution in [0.5, 0.6) is 0 Å². The van der Waals surface area contributed by atoms with Gasteiger partial charge in [-0.15, -0.1) is 0 Å². The van der Waals surface area contributed by atoms with Crippen molar-refractivity contribution in [2.24, 2.45) is 5.92 Å². The first kappa shape index (κ1) is 16.1. The molecular formula is C16H12F3N3O2. The highest BCUT2D eigenvalue weighted by Gasteiger charge is 2.29. The molecule has 1 N–H and O–H groups in total. The van der Waals surface area contributed by atoms with Gasteiger partial charge in [0.25, 0.3) is 0 Å². The molecule has 8 heteroatoms. The van der Waals surface area contributed by atoms with Crippen LogP contribution in [-0.2, 0) is 4.79 Å². The number of aromatic nitrogens is 1. The lowest BCUT2D eigenvalue weighted by Crippen LogP contribution is -2.39. The first-order chi connectivity index (χ1) is 11.4. The monoisotopic (exact) mass is 335 g/mol. The number of hydrogen-bond acceptors (Lipinski definition) is 4. The van der Waals surface area contributed by atoms with Gasteiger partial charge in [0.1, 0.15) is 11.6 Å². The summed E-state index contributed by atoms with van der Waals surface area (Å²) in [6, 6.07) is 2.69. The first-order valence-corrected chi connectivity index (χ1v) is 7.28. The minimum Gasteiger partial charge on any atom is -0.481 e. The fourth-order valence-electron chi connectivity index (χ4n) is 3.03.